The van der Waals surface area contributed by atoms with Crippen LogP contribution < -0.4 is 16.0 Å². The molecule has 4 aromatic rings. The number of hydrogen-bond donors (Lipinski definition) is 2. The highest BCUT2D eigenvalue weighted by Gasteiger charge is 2.39. The first-order valence-corrected chi connectivity index (χ1v) is 11.0. The normalized spacial score (nSPS) is 14.2. The Kier molecular flexibility index (Phi) is 5.35. The molecule has 5 rings (SSSR count). The molecule has 0 spiro atoms. The number of halogens is 1. The summed E-state index contributed by atoms with van der Waals surface area (Å²) < 4.78 is 15.7. The van der Waals surface area contributed by atoms with Crippen LogP contribution in [0.4, 0.5) is 27.8 Å². The lowest BCUT2D eigenvalue weighted by atomic mass is 9.86. The molecule has 0 unspecified atom stereocenters. The van der Waals surface area contributed by atoms with Crippen molar-refractivity contribution < 1.29 is 4.39 Å². The minimum Gasteiger partial charge on any atom is -0.368 e. The van der Waals surface area contributed by atoms with Crippen LogP contribution in [0.2, 0.25) is 0 Å². The molecule has 1 fully saturated rings. The molecule has 0 aliphatic carbocycles. The van der Waals surface area contributed by atoms with Crippen LogP contribution in [0.5, 0.6) is 0 Å². The fourth-order valence-electron chi connectivity index (χ4n) is 3.81. The number of anilines is 4. The number of nitrogen functional groups attached to an aromatic ring is 1. The van der Waals surface area contributed by atoms with Gasteiger partial charge in [-0.05, 0) is 44.2 Å². The Morgan fingerprint density at radius 1 is 1.00 bits per heavy atom. The van der Waals surface area contributed by atoms with Gasteiger partial charge in [0.15, 0.2) is 5.82 Å². The van der Waals surface area contributed by atoms with E-state index in [4.69, 9.17) is 5.73 Å². The van der Waals surface area contributed by atoms with Gasteiger partial charge in [-0.2, -0.15) is 4.98 Å². The number of alkyl halides is 1. The Hall–Kier alpha value is -4.08. The van der Waals surface area contributed by atoms with Crippen molar-refractivity contribution in [3.8, 4) is 22.6 Å². The monoisotopic (exact) mass is 459 g/mol. The van der Waals surface area contributed by atoms with E-state index in [1.54, 1.807) is 30.9 Å². The Balaban J connectivity index is 1.26. The molecule has 0 radical (unpaired) electrons. The number of nitrogens with zero attached hydrogens (tertiary/aromatic N) is 7. The van der Waals surface area contributed by atoms with E-state index >= 15 is 0 Å². The molecule has 3 aromatic heterocycles. The highest BCUT2D eigenvalue weighted by Crippen LogP contribution is 2.33. The van der Waals surface area contributed by atoms with Crippen LogP contribution in [-0.2, 0) is 7.05 Å². The summed E-state index contributed by atoms with van der Waals surface area (Å²) in [5, 5.41) is 7.80. The number of aryl methyl sites for hydroxylation is 1. The molecular formula is C24H26FN9. The van der Waals surface area contributed by atoms with Crippen molar-refractivity contribution in [3.63, 3.8) is 0 Å². The van der Waals surface area contributed by atoms with Crippen LogP contribution in [0.1, 0.15) is 13.8 Å². The van der Waals surface area contributed by atoms with Crippen LogP contribution in [0.3, 0.4) is 0 Å². The molecule has 174 valence electrons. The zero-order valence-electron chi connectivity index (χ0n) is 19.3. The average Bonchev–Trinajstić information content (AvgIpc) is 3.13. The first-order valence-electron chi connectivity index (χ1n) is 11.0. The largest absolute Gasteiger partial charge is 0.368 e. The van der Waals surface area contributed by atoms with Gasteiger partial charge in [-0.25, -0.2) is 24.0 Å². The van der Waals surface area contributed by atoms with Gasteiger partial charge in [-0.1, -0.05) is 12.1 Å². The first-order chi connectivity index (χ1) is 16.3. The number of nitrogens with one attached hydrogen (secondary N) is 1. The van der Waals surface area contributed by atoms with Gasteiger partial charge < -0.3 is 16.0 Å². The standard InChI is InChI=1S/C24H26FN9/c1-24(2,25)17-13-34(14-17)20-9-6-16(12-28-20)21-31-23(33(3)32-21)29-18-7-4-15(5-8-18)19-10-11-27-22(26)30-19/h4-12,17H,13-14H2,1-3H3,(H2,26,27,30)(H,29,31,32). The first kappa shape index (κ1) is 21.7. The van der Waals surface area contributed by atoms with E-state index < -0.39 is 5.67 Å². The molecule has 3 N–H and O–H groups in total. The number of rotatable bonds is 6. The van der Waals surface area contributed by atoms with Gasteiger partial charge >= 0.3 is 0 Å². The number of nitrogens with two attached hydrogens (primary N) is 1. The van der Waals surface area contributed by atoms with E-state index in [9.17, 15) is 4.39 Å². The molecule has 0 bridgehead atoms. The van der Waals surface area contributed by atoms with Crippen molar-refractivity contribution in [3.05, 3.63) is 54.9 Å². The van der Waals surface area contributed by atoms with E-state index in [2.05, 4.69) is 35.3 Å². The predicted octanol–water partition coefficient (Wildman–Crippen LogP) is 3.84. The van der Waals surface area contributed by atoms with Gasteiger partial charge in [0.05, 0.1) is 5.69 Å². The Labute approximate surface area is 196 Å². The molecule has 1 saturated heterocycles. The maximum atomic E-state index is 14.0. The van der Waals surface area contributed by atoms with Crippen molar-refractivity contribution >= 4 is 23.4 Å². The summed E-state index contributed by atoms with van der Waals surface area (Å²) in [6.07, 6.45) is 3.39. The molecule has 1 aromatic carbocycles. The summed E-state index contributed by atoms with van der Waals surface area (Å²) in [6, 6.07) is 13.5. The fourth-order valence-corrected chi connectivity index (χ4v) is 3.81. The molecule has 1 aliphatic heterocycles. The third-order valence-electron chi connectivity index (χ3n) is 6.06. The lowest BCUT2D eigenvalue weighted by molar-refractivity contribution is 0.101. The maximum absolute atomic E-state index is 14.0. The Bertz CT molecular complexity index is 1290. The van der Waals surface area contributed by atoms with Gasteiger partial charge in [0, 0.05) is 55.3 Å². The van der Waals surface area contributed by atoms with Crippen molar-refractivity contribution in [2.75, 3.05) is 29.0 Å². The van der Waals surface area contributed by atoms with Gasteiger partial charge in [-0.3, -0.25) is 0 Å². The van der Waals surface area contributed by atoms with Crippen LogP contribution in [-0.4, -0.2) is 48.5 Å². The number of benzene rings is 1. The summed E-state index contributed by atoms with van der Waals surface area (Å²) in [5.74, 6) is 2.29. The highest BCUT2D eigenvalue weighted by atomic mass is 19.1. The molecule has 34 heavy (non-hydrogen) atoms. The highest BCUT2D eigenvalue weighted by molar-refractivity contribution is 5.66. The van der Waals surface area contributed by atoms with Crippen LogP contribution in [0.15, 0.2) is 54.9 Å². The predicted molar refractivity (Wildman–Crippen MR) is 130 cm³/mol. The summed E-state index contributed by atoms with van der Waals surface area (Å²) in [7, 11) is 1.83. The summed E-state index contributed by atoms with van der Waals surface area (Å²) in [6.45, 7) is 4.61. The van der Waals surface area contributed by atoms with Crippen molar-refractivity contribution in [1.82, 2.24) is 29.7 Å². The smallest absolute Gasteiger partial charge is 0.225 e. The van der Waals surface area contributed by atoms with Gasteiger partial charge in [0.1, 0.15) is 11.5 Å². The second-order valence-electron chi connectivity index (χ2n) is 8.96. The van der Waals surface area contributed by atoms with E-state index in [-0.39, 0.29) is 11.9 Å². The van der Waals surface area contributed by atoms with Gasteiger partial charge in [0.25, 0.3) is 0 Å². The summed E-state index contributed by atoms with van der Waals surface area (Å²) >= 11 is 0. The molecule has 0 atom stereocenters. The van der Waals surface area contributed by atoms with Crippen LogP contribution in [0, 0.1) is 5.92 Å². The van der Waals surface area contributed by atoms with E-state index in [1.807, 2.05) is 49.5 Å². The lowest BCUT2D eigenvalue weighted by Crippen LogP contribution is -2.54. The SMILES string of the molecule is Cn1nc(-c2ccc(N3CC(C(C)(C)F)C3)nc2)nc1Nc1ccc(-c2ccnc(N)n2)cc1. The van der Waals surface area contributed by atoms with Crippen molar-refractivity contribution in [1.29, 1.82) is 0 Å². The van der Waals surface area contributed by atoms with Crippen molar-refractivity contribution in [2.24, 2.45) is 13.0 Å². The molecular weight excluding hydrogens is 433 g/mol. The Morgan fingerprint density at radius 2 is 1.74 bits per heavy atom. The second-order valence-corrected chi connectivity index (χ2v) is 8.96. The van der Waals surface area contributed by atoms with Crippen LogP contribution >= 0.6 is 0 Å². The topological polar surface area (TPSA) is 111 Å². The summed E-state index contributed by atoms with van der Waals surface area (Å²) in [4.78, 5) is 19.4. The number of pyridine rings is 1. The quantitative estimate of drug-likeness (QED) is 0.447. The zero-order valence-corrected chi connectivity index (χ0v) is 19.3. The molecule has 10 heteroatoms. The number of hydrogen-bond acceptors (Lipinski definition) is 8. The lowest BCUT2D eigenvalue weighted by Gasteiger charge is -2.44. The molecule has 1 aliphatic rings. The minimum absolute atomic E-state index is 0.0354. The van der Waals surface area contributed by atoms with E-state index in [1.165, 1.54) is 0 Å². The second kappa shape index (κ2) is 8.36. The molecule has 9 nitrogen and oxygen atoms in total. The average molecular weight is 460 g/mol. The zero-order chi connectivity index (χ0) is 23.9. The molecule has 0 amide bonds. The van der Waals surface area contributed by atoms with Gasteiger partial charge in [-0.15, -0.1) is 5.10 Å². The maximum Gasteiger partial charge on any atom is 0.225 e. The van der Waals surface area contributed by atoms with Crippen LogP contribution in [0.25, 0.3) is 22.6 Å². The fraction of sp³-hybridized carbons (Fsp3) is 0.292. The van der Waals surface area contributed by atoms with Crippen molar-refractivity contribution in [2.45, 2.75) is 19.5 Å². The third-order valence-corrected chi connectivity index (χ3v) is 6.06. The Morgan fingerprint density at radius 3 is 2.38 bits per heavy atom. The van der Waals surface area contributed by atoms with E-state index in [0.29, 0.717) is 24.9 Å². The van der Waals surface area contributed by atoms with E-state index in [0.717, 1.165) is 28.3 Å². The number of aromatic nitrogens is 6. The van der Waals surface area contributed by atoms with Gasteiger partial charge in [0.2, 0.25) is 11.9 Å². The molecule has 0 saturated carbocycles. The summed E-state index contributed by atoms with van der Waals surface area (Å²) in [5.41, 5.74) is 7.89. The minimum atomic E-state index is -1.16. The molecule has 4 heterocycles. The third kappa shape index (κ3) is 4.39.